The number of ether oxygens (including phenoxy) is 1. The smallest absolute Gasteiger partial charge is 0.335 e. The summed E-state index contributed by atoms with van der Waals surface area (Å²) in [7, 11) is -2.76. The monoisotopic (exact) mass is 329 g/mol. The van der Waals surface area contributed by atoms with Crippen LogP contribution in [0.2, 0.25) is 0 Å². The van der Waals surface area contributed by atoms with Crippen molar-refractivity contribution < 1.29 is 27.9 Å². The van der Waals surface area contributed by atoms with Crippen molar-refractivity contribution in [3.8, 4) is 0 Å². The van der Waals surface area contributed by atoms with Crippen LogP contribution in [0.15, 0.2) is 29.2 Å². The van der Waals surface area contributed by atoms with Crippen molar-refractivity contribution in [2.45, 2.75) is 31.2 Å². The molecule has 1 aromatic rings. The highest BCUT2D eigenvalue weighted by atomic mass is 32.2. The van der Waals surface area contributed by atoms with Gasteiger partial charge in [0.2, 0.25) is 10.0 Å². The van der Waals surface area contributed by atoms with Gasteiger partial charge in [0.15, 0.2) is 0 Å². The van der Waals surface area contributed by atoms with Gasteiger partial charge in [0, 0.05) is 0 Å². The molecule has 0 aliphatic heterocycles. The average Bonchev–Trinajstić information content (AvgIpc) is 2.45. The molecule has 0 amide bonds. The first-order valence-electron chi connectivity index (χ1n) is 6.61. The van der Waals surface area contributed by atoms with Gasteiger partial charge in [-0.25, -0.2) is 13.2 Å². The molecule has 1 unspecified atom stereocenters. The van der Waals surface area contributed by atoms with Crippen LogP contribution >= 0.6 is 0 Å². The van der Waals surface area contributed by atoms with Gasteiger partial charge in [-0.05, 0) is 36.6 Å². The highest BCUT2D eigenvalue weighted by Gasteiger charge is 2.27. The van der Waals surface area contributed by atoms with Gasteiger partial charge in [-0.15, -0.1) is 0 Å². The lowest BCUT2D eigenvalue weighted by atomic mass is 10.1. The van der Waals surface area contributed by atoms with Gasteiger partial charge in [0.05, 0.1) is 17.6 Å². The Bertz CT molecular complexity index is 636. The number of methoxy groups -OCH3 is 1. The Morgan fingerprint density at radius 1 is 1.23 bits per heavy atom. The Kier molecular flexibility index (Phi) is 6.07. The van der Waals surface area contributed by atoms with Gasteiger partial charge in [-0.1, -0.05) is 13.8 Å². The van der Waals surface area contributed by atoms with Crippen LogP contribution in [-0.4, -0.2) is 38.6 Å². The third-order valence-electron chi connectivity index (χ3n) is 2.90. The number of hydrogen-bond donors (Lipinski definition) is 2. The highest BCUT2D eigenvalue weighted by Crippen LogP contribution is 2.14. The number of carboxylic acids is 1. The van der Waals surface area contributed by atoms with Crippen LogP contribution in [-0.2, 0) is 19.6 Å². The molecule has 122 valence electrons. The number of aromatic carboxylic acids is 1. The normalized spacial score (nSPS) is 12.9. The summed E-state index contributed by atoms with van der Waals surface area (Å²) >= 11 is 0. The molecule has 0 saturated carbocycles. The minimum Gasteiger partial charge on any atom is -0.478 e. The van der Waals surface area contributed by atoms with Crippen molar-refractivity contribution >= 4 is 22.0 Å². The Morgan fingerprint density at radius 2 is 1.77 bits per heavy atom. The van der Waals surface area contributed by atoms with Crippen LogP contribution in [0, 0.1) is 5.92 Å². The first kappa shape index (κ1) is 18.1. The molecule has 0 aliphatic carbocycles. The fraction of sp³-hybridized carbons (Fsp3) is 0.429. The second-order valence-corrected chi connectivity index (χ2v) is 6.87. The number of hydrogen-bond acceptors (Lipinski definition) is 5. The first-order chi connectivity index (χ1) is 10.2. The van der Waals surface area contributed by atoms with Crippen LogP contribution in [0.5, 0.6) is 0 Å². The van der Waals surface area contributed by atoms with Crippen molar-refractivity contribution in [3.63, 3.8) is 0 Å². The molecule has 22 heavy (non-hydrogen) atoms. The third kappa shape index (κ3) is 4.81. The number of carbonyl (C=O) groups excluding carboxylic acids is 1. The van der Waals surface area contributed by atoms with Gasteiger partial charge in [0.25, 0.3) is 0 Å². The topological polar surface area (TPSA) is 110 Å². The molecule has 1 aromatic carbocycles. The zero-order valence-electron chi connectivity index (χ0n) is 12.6. The molecule has 0 heterocycles. The highest BCUT2D eigenvalue weighted by molar-refractivity contribution is 7.89. The summed E-state index contributed by atoms with van der Waals surface area (Å²) in [5.74, 6) is -1.73. The van der Waals surface area contributed by atoms with Gasteiger partial charge in [-0.2, -0.15) is 4.72 Å². The summed E-state index contributed by atoms with van der Waals surface area (Å²) in [5, 5.41) is 8.80. The van der Waals surface area contributed by atoms with Crippen LogP contribution < -0.4 is 4.72 Å². The summed E-state index contributed by atoms with van der Waals surface area (Å²) in [6, 6.07) is 3.73. The van der Waals surface area contributed by atoms with Gasteiger partial charge in [-0.3, -0.25) is 4.79 Å². The minimum absolute atomic E-state index is 0.0225. The van der Waals surface area contributed by atoms with E-state index in [1.165, 1.54) is 31.4 Å². The van der Waals surface area contributed by atoms with E-state index in [0.29, 0.717) is 6.42 Å². The fourth-order valence-electron chi connectivity index (χ4n) is 1.84. The van der Waals surface area contributed by atoms with Crippen molar-refractivity contribution in [2.75, 3.05) is 7.11 Å². The quantitative estimate of drug-likeness (QED) is 0.729. The maximum Gasteiger partial charge on any atom is 0.335 e. The van der Waals surface area contributed by atoms with E-state index in [4.69, 9.17) is 5.11 Å². The van der Waals surface area contributed by atoms with Gasteiger partial charge in [0.1, 0.15) is 6.04 Å². The first-order valence-corrected chi connectivity index (χ1v) is 8.09. The van der Waals surface area contributed by atoms with Gasteiger partial charge < -0.3 is 9.84 Å². The van der Waals surface area contributed by atoms with Gasteiger partial charge >= 0.3 is 11.9 Å². The van der Waals surface area contributed by atoms with E-state index < -0.39 is 28.0 Å². The zero-order valence-corrected chi connectivity index (χ0v) is 13.4. The number of carbonyl (C=O) groups is 2. The number of sulfonamides is 1. The van der Waals surface area contributed by atoms with Crippen molar-refractivity contribution in [1.82, 2.24) is 4.72 Å². The predicted octanol–water partition coefficient (Wildman–Crippen LogP) is 1.25. The van der Waals surface area contributed by atoms with E-state index in [9.17, 15) is 18.0 Å². The summed E-state index contributed by atoms with van der Waals surface area (Å²) in [5.41, 5.74) is -0.0225. The fourth-order valence-corrected chi connectivity index (χ4v) is 3.04. The van der Waals surface area contributed by atoms with Crippen LogP contribution in [0.4, 0.5) is 0 Å². The molecule has 2 N–H and O–H groups in total. The molecule has 0 radical (unpaired) electrons. The molecule has 0 aromatic heterocycles. The Hall–Kier alpha value is -1.93. The predicted molar refractivity (Wildman–Crippen MR) is 79.0 cm³/mol. The number of carboxylic acid groups (broad SMARTS) is 1. The number of benzene rings is 1. The van der Waals surface area contributed by atoms with Crippen molar-refractivity contribution in [1.29, 1.82) is 0 Å². The molecule has 0 saturated heterocycles. The molecule has 7 nitrogen and oxygen atoms in total. The number of esters is 1. The minimum atomic E-state index is -3.95. The largest absolute Gasteiger partial charge is 0.478 e. The number of rotatable bonds is 7. The zero-order chi connectivity index (χ0) is 16.9. The third-order valence-corrected chi connectivity index (χ3v) is 4.39. The second kappa shape index (κ2) is 7.37. The lowest BCUT2D eigenvalue weighted by Crippen LogP contribution is -2.42. The molecule has 1 atom stereocenters. The van der Waals surface area contributed by atoms with E-state index in [1.54, 1.807) is 0 Å². The van der Waals surface area contributed by atoms with E-state index >= 15 is 0 Å². The Morgan fingerprint density at radius 3 is 2.18 bits per heavy atom. The van der Waals surface area contributed by atoms with E-state index in [0.717, 1.165) is 0 Å². The van der Waals surface area contributed by atoms with E-state index in [-0.39, 0.29) is 16.4 Å². The molecule has 0 spiro atoms. The van der Waals surface area contributed by atoms with Crippen LogP contribution in [0.25, 0.3) is 0 Å². The summed E-state index contributed by atoms with van der Waals surface area (Å²) < 4.78 is 31.4. The molecule has 1 rings (SSSR count). The summed E-state index contributed by atoms with van der Waals surface area (Å²) in [6.45, 7) is 3.71. The number of nitrogens with one attached hydrogen (secondary N) is 1. The standard InChI is InChI=1S/C14H19NO6S/c1-9(2)8-12(14(18)21-3)15-22(19,20)11-6-4-10(5-7-11)13(16)17/h4-7,9,12,15H,8H2,1-3H3,(H,16,17). The maximum atomic E-state index is 12.3. The summed E-state index contributed by atoms with van der Waals surface area (Å²) in [4.78, 5) is 22.3. The SMILES string of the molecule is COC(=O)C(CC(C)C)NS(=O)(=O)c1ccc(C(=O)O)cc1. The lowest BCUT2D eigenvalue weighted by molar-refractivity contribution is -0.143. The molecule has 0 fully saturated rings. The molecular formula is C14H19NO6S. The molecule has 0 bridgehead atoms. The molecule has 8 heteroatoms. The molecule has 0 aliphatic rings. The van der Waals surface area contributed by atoms with Crippen LogP contribution in [0.3, 0.4) is 0 Å². The molecular weight excluding hydrogens is 310 g/mol. The Labute approximate surface area is 129 Å². The summed E-state index contributed by atoms with van der Waals surface area (Å²) in [6.07, 6.45) is 0.291. The maximum absolute atomic E-state index is 12.3. The van der Waals surface area contributed by atoms with E-state index in [1.807, 2.05) is 13.8 Å². The van der Waals surface area contributed by atoms with E-state index in [2.05, 4.69) is 9.46 Å². The van der Waals surface area contributed by atoms with Crippen molar-refractivity contribution in [2.24, 2.45) is 5.92 Å². The average molecular weight is 329 g/mol. The Balaban J connectivity index is 3.01. The van der Waals surface area contributed by atoms with Crippen molar-refractivity contribution in [3.05, 3.63) is 29.8 Å². The second-order valence-electron chi connectivity index (χ2n) is 5.16. The lowest BCUT2D eigenvalue weighted by Gasteiger charge is -2.18. The van der Waals surface area contributed by atoms with Crippen LogP contribution in [0.1, 0.15) is 30.6 Å².